The van der Waals surface area contributed by atoms with Gasteiger partial charge in [-0.25, -0.2) is 0 Å². The molecule has 0 aromatic carbocycles. The SMILES string of the molecule is NC1CC(C(=O)NCc2cc(C(F)(F)F)ccn2)CCC1[SiH3]. The van der Waals surface area contributed by atoms with Gasteiger partial charge in [-0.3, -0.25) is 9.78 Å². The van der Waals surface area contributed by atoms with E-state index in [0.717, 1.165) is 41.4 Å². The van der Waals surface area contributed by atoms with Gasteiger partial charge in [0, 0.05) is 28.4 Å². The maximum Gasteiger partial charge on any atom is 0.416 e. The number of aromatic nitrogens is 1. The third-order valence-corrected chi connectivity index (χ3v) is 5.65. The number of nitrogens with two attached hydrogens (primary N) is 1. The Morgan fingerprint density at radius 3 is 2.82 bits per heavy atom. The molecule has 1 aromatic rings. The Labute approximate surface area is 130 Å². The van der Waals surface area contributed by atoms with Gasteiger partial charge in [-0.05, 0) is 30.5 Å². The minimum atomic E-state index is -4.40. The van der Waals surface area contributed by atoms with Crippen molar-refractivity contribution in [2.45, 2.75) is 43.6 Å². The highest BCUT2D eigenvalue weighted by Gasteiger charge is 2.31. The number of hydrogen-bond acceptors (Lipinski definition) is 3. The average Bonchev–Trinajstić information content (AvgIpc) is 2.47. The number of rotatable bonds is 3. The van der Waals surface area contributed by atoms with Crippen LogP contribution in [0.15, 0.2) is 18.3 Å². The van der Waals surface area contributed by atoms with E-state index in [4.69, 9.17) is 5.73 Å². The van der Waals surface area contributed by atoms with E-state index in [0.29, 0.717) is 12.0 Å². The first-order chi connectivity index (χ1) is 10.3. The minimum Gasteiger partial charge on any atom is -0.350 e. The van der Waals surface area contributed by atoms with Gasteiger partial charge in [0.25, 0.3) is 0 Å². The van der Waals surface area contributed by atoms with E-state index in [-0.39, 0.29) is 30.1 Å². The smallest absolute Gasteiger partial charge is 0.350 e. The second-order valence-electron chi connectivity index (χ2n) is 5.90. The number of halogens is 3. The van der Waals surface area contributed by atoms with Crippen LogP contribution in [-0.4, -0.2) is 27.2 Å². The predicted molar refractivity (Wildman–Crippen MR) is 80.1 cm³/mol. The topological polar surface area (TPSA) is 68.0 Å². The van der Waals surface area contributed by atoms with Crippen LogP contribution in [0, 0.1) is 5.92 Å². The number of amides is 1. The Morgan fingerprint density at radius 1 is 1.45 bits per heavy atom. The molecule has 0 saturated heterocycles. The number of hydrogen-bond donors (Lipinski definition) is 2. The highest BCUT2D eigenvalue weighted by atomic mass is 28.1. The number of carbonyl (C=O) groups is 1. The molecule has 0 aliphatic heterocycles. The van der Waals surface area contributed by atoms with Crippen LogP contribution < -0.4 is 11.1 Å². The zero-order chi connectivity index (χ0) is 16.3. The molecule has 1 aliphatic carbocycles. The summed E-state index contributed by atoms with van der Waals surface area (Å²) in [4.78, 5) is 16.0. The summed E-state index contributed by atoms with van der Waals surface area (Å²) in [7, 11) is 1.03. The molecule has 8 heteroatoms. The van der Waals surface area contributed by atoms with Crippen molar-refractivity contribution >= 4 is 16.1 Å². The summed E-state index contributed by atoms with van der Waals surface area (Å²) >= 11 is 0. The van der Waals surface area contributed by atoms with Crippen molar-refractivity contribution < 1.29 is 18.0 Å². The van der Waals surface area contributed by atoms with Gasteiger partial charge in [0.2, 0.25) is 5.91 Å². The van der Waals surface area contributed by atoms with Gasteiger partial charge in [0.1, 0.15) is 0 Å². The molecule has 1 amide bonds. The van der Waals surface area contributed by atoms with Crippen LogP contribution in [0.4, 0.5) is 13.2 Å². The fourth-order valence-electron chi connectivity index (χ4n) is 2.67. The van der Waals surface area contributed by atoms with Crippen LogP contribution >= 0.6 is 0 Å². The van der Waals surface area contributed by atoms with Gasteiger partial charge in [-0.15, -0.1) is 0 Å². The van der Waals surface area contributed by atoms with E-state index in [9.17, 15) is 18.0 Å². The highest BCUT2D eigenvalue weighted by molar-refractivity contribution is 6.12. The summed E-state index contributed by atoms with van der Waals surface area (Å²) in [6.45, 7) is -0.00120. The highest BCUT2D eigenvalue weighted by Crippen LogP contribution is 2.30. The van der Waals surface area contributed by atoms with Crippen molar-refractivity contribution in [3.05, 3.63) is 29.6 Å². The lowest BCUT2D eigenvalue weighted by Crippen LogP contribution is -2.40. The maximum absolute atomic E-state index is 12.6. The van der Waals surface area contributed by atoms with Gasteiger partial charge in [0.15, 0.2) is 0 Å². The van der Waals surface area contributed by atoms with Crippen molar-refractivity contribution in [2.24, 2.45) is 11.7 Å². The monoisotopic (exact) mass is 331 g/mol. The van der Waals surface area contributed by atoms with Crippen LogP contribution in [0.3, 0.4) is 0 Å². The quantitative estimate of drug-likeness (QED) is 0.812. The van der Waals surface area contributed by atoms with Gasteiger partial charge in [-0.1, -0.05) is 6.42 Å². The van der Waals surface area contributed by atoms with Crippen molar-refractivity contribution in [2.75, 3.05) is 0 Å². The molecule has 0 radical (unpaired) electrons. The molecule has 3 unspecified atom stereocenters. The number of nitrogens with zero attached hydrogens (tertiary/aromatic N) is 1. The largest absolute Gasteiger partial charge is 0.416 e. The Hall–Kier alpha value is -1.41. The summed E-state index contributed by atoms with van der Waals surface area (Å²) in [5.74, 6) is -0.297. The fourth-order valence-corrected chi connectivity index (χ4v) is 3.27. The van der Waals surface area contributed by atoms with Crippen molar-refractivity contribution in [3.63, 3.8) is 0 Å². The first kappa shape index (κ1) is 16.9. The minimum absolute atomic E-state index is 0.00120. The Morgan fingerprint density at radius 2 is 2.18 bits per heavy atom. The molecule has 1 heterocycles. The van der Waals surface area contributed by atoms with Crippen molar-refractivity contribution in [1.82, 2.24) is 10.3 Å². The fraction of sp³-hybridized carbons (Fsp3) is 0.571. The molecule has 3 atom stereocenters. The second kappa shape index (κ2) is 6.78. The first-order valence-electron chi connectivity index (χ1n) is 7.33. The average molecular weight is 331 g/mol. The summed E-state index contributed by atoms with van der Waals surface area (Å²) in [6, 6.07) is 1.93. The van der Waals surface area contributed by atoms with E-state index in [2.05, 4.69) is 10.3 Å². The van der Waals surface area contributed by atoms with Gasteiger partial charge in [-0.2, -0.15) is 13.2 Å². The predicted octanol–water partition coefficient (Wildman–Crippen LogP) is 0.998. The summed E-state index contributed by atoms with van der Waals surface area (Å²) in [5.41, 5.74) is 5.97. The zero-order valence-corrected chi connectivity index (χ0v) is 14.4. The summed E-state index contributed by atoms with van der Waals surface area (Å²) < 4.78 is 37.8. The standard InChI is InChI=1S/C14H20F3N3OSi/c15-14(16,17)9-3-4-19-10(6-9)7-20-13(21)8-1-2-12(22)11(18)5-8/h3-4,6,8,11-12H,1-2,5,7,18H2,22H3,(H,20,21). The van der Waals surface area contributed by atoms with Crippen LogP contribution in [0.25, 0.3) is 0 Å². The number of nitrogens with one attached hydrogen (secondary N) is 1. The van der Waals surface area contributed by atoms with Crippen molar-refractivity contribution in [1.29, 1.82) is 0 Å². The normalized spacial score (nSPS) is 25.9. The molecule has 2 rings (SSSR count). The molecule has 1 fully saturated rings. The molecule has 22 heavy (non-hydrogen) atoms. The lowest BCUT2D eigenvalue weighted by atomic mass is 9.85. The zero-order valence-electron chi connectivity index (χ0n) is 12.4. The molecule has 122 valence electrons. The van der Waals surface area contributed by atoms with Gasteiger partial charge in [0.05, 0.1) is 17.8 Å². The van der Waals surface area contributed by atoms with Crippen LogP contribution in [0.1, 0.15) is 30.5 Å². The molecule has 1 aromatic heterocycles. The van der Waals surface area contributed by atoms with E-state index >= 15 is 0 Å². The first-order valence-corrected chi connectivity index (χ1v) is 8.48. The Kier molecular flexibility index (Phi) is 5.22. The number of alkyl halides is 3. The lowest BCUT2D eigenvalue weighted by Gasteiger charge is -2.31. The van der Waals surface area contributed by atoms with E-state index in [1.807, 2.05) is 0 Å². The maximum atomic E-state index is 12.6. The Balaban J connectivity index is 1.91. The van der Waals surface area contributed by atoms with Gasteiger partial charge >= 0.3 is 6.18 Å². The molecule has 4 nitrogen and oxygen atoms in total. The van der Waals surface area contributed by atoms with Crippen LogP contribution in [0.5, 0.6) is 0 Å². The molecule has 0 spiro atoms. The van der Waals surface area contributed by atoms with Crippen LogP contribution in [0.2, 0.25) is 5.54 Å². The van der Waals surface area contributed by atoms with E-state index in [1.54, 1.807) is 0 Å². The summed E-state index contributed by atoms with van der Waals surface area (Å²) in [5, 5.41) is 2.67. The molecule has 0 bridgehead atoms. The molecule has 3 N–H and O–H groups in total. The van der Waals surface area contributed by atoms with Gasteiger partial charge < -0.3 is 11.1 Å². The second-order valence-corrected chi connectivity index (χ2v) is 7.39. The van der Waals surface area contributed by atoms with E-state index in [1.165, 1.54) is 0 Å². The molecule has 1 aliphatic rings. The van der Waals surface area contributed by atoms with Crippen LogP contribution in [-0.2, 0) is 17.5 Å². The Bertz CT molecular complexity index is 538. The number of carbonyl (C=O) groups excluding carboxylic acids is 1. The summed E-state index contributed by atoms with van der Waals surface area (Å²) in [6.07, 6.45) is -0.905. The van der Waals surface area contributed by atoms with Crippen molar-refractivity contribution in [3.8, 4) is 0 Å². The number of pyridine rings is 1. The molecule has 1 saturated carbocycles. The molecular weight excluding hydrogens is 311 g/mol. The van der Waals surface area contributed by atoms with E-state index < -0.39 is 11.7 Å². The molecular formula is C14H20F3N3OSi. The third kappa shape index (κ3) is 4.29. The lowest BCUT2D eigenvalue weighted by molar-refractivity contribution is -0.137. The third-order valence-electron chi connectivity index (χ3n) is 4.22.